The number of carbonyl (C=O) groups is 1. The van der Waals surface area contributed by atoms with E-state index in [9.17, 15) is 13.2 Å². The number of carboxylic acid groups (broad SMARTS) is 1. The Labute approximate surface area is 123 Å². The van der Waals surface area contributed by atoms with Crippen LogP contribution in [-0.4, -0.2) is 45.2 Å². The second-order valence-electron chi connectivity index (χ2n) is 4.41. The van der Waals surface area contributed by atoms with Crippen LogP contribution in [0.5, 0.6) is 11.5 Å². The standard InChI is InChI=1S/C14H18O6S/c1-19-12-6-4-11(5-7-14(15)16)10-13(12)20-8-3-9-21(2,17)18/h4-7,10H,3,8-9H2,1-2H3,(H,15,16). The zero-order valence-corrected chi connectivity index (χ0v) is 12.7. The molecule has 116 valence electrons. The van der Waals surface area contributed by atoms with Gasteiger partial charge in [-0.3, -0.25) is 0 Å². The summed E-state index contributed by atoms with van der Waals surface area (Å²) in [5.74, 6) is -0.0460. The summed E-state index contributed by atoms with van der Waals surface area (Å²) < 4.78 is 32.7. The van der Waals surface area contributed by atoms with Crippen molar-refractivity contribution in [1.29, 1.82) is 0 Å². The highest BCUT2D eigenvalue weighted by atomic mass is 32.2. The number of carboxylic acids is 1. The van der Waals surface area contributed by atoms with E-state index in [-0.39, 0.29) is 12.4 Å². The summed E-state index contributed by atoms with van der Waals surface area (Å²) in [5.41, 5.74) is 0.649. The van der Waals surface area contributed by atoms with E-state index in [2.05, 4.69) is 0 Å². The van der Waals surface area contributed by atoms with E-state index in [0.717, 1.165) is 6.08 Å². The highest BCUT2D eigenvalue weighted by Crippen LogP contribution is 2.28. The second kappa shape index (κ2) is 7.68. The molecule has 0 aliphatic heterocycles. The van der Waals surface area contributed by atoms with Crippen molar-refractivity contribution in [3.8, 4) is 11.5 Å². The summed E-state index contributed by atoms with van der Waals surface area (Å²) in [6, 6.07) is 4.99. The fourth-order valence-corrected chi connectivity index (χ4v) is 2.22. The maximum Gasteiger partial charge on any atom is 0.328 e. The lowest BCUT2D eigenvalue weighted by atomic mass is 10.2. The molecule has 0 aliphatic rings. The van der Waals surface area contributed by atoms with Crippen molar-refractivity contribution in [2.24, 2.45) is 0 Å². The zero-order valence-electron chi connectivity index (χ0n) is 11.9. The third-order valence-corrected chi connectivity index (χ3v) is 3.55. The molecule has 0 amide bonds. The number of methoxy groups -OCH3 is 1. The Kier molecular flexibility index (Phi) is 6.23. The Bertz CT molecular complexity index is 618. The molecule has 0 radical (unpaired) electrons. The van der Waals surface area contributed by atoms with Gasteiger partial charge in [0.25, 0.3) is 0 Å². The van der Waals surface area contributed by atoms with Gasteiger partial charge in [-0.1, -0.05) is 6.07 Å². The Hall–Kier alpha value is -2.02. The Morgan fingerprint density at radius 1 is 1.33 bits per heavy atom. The van der Waals surface area contributed by atoms with Gasteiger partial charge >= 0.3 is 5.97 Å². The molecule has 6 nitrogen and oxygen atoms in total. The predicted molar refractivity (Wildman–Crippen MR) is 79.5 cm³/mol. The first-order valence-electron chi connectivity index (χ1n) is 6.21. The summed E-state index contributed by atoms with van der Waals surface area (Å²) in [6.45, 7) is 0.232. The minimum absolute atomic E-state index is 0.0495. The minimum atomic E-state index is -3.01. The van der Waals surface area contributed by atoms with E-state index >= 15 is 0 Å². The van der Waals surface area contributed by atoms with Crippen LogP contribution in [0.1, 0.15) is 12.0 Å². The maximum absolute atomic E-state index is 11.0. The Balaban J connectivity index is 2.74. The fourth-order valence-electron chi connectivity index (χ4n) is 1.58. The molecule has 0 aromatic heterocycles. The monoisotopic (exact) mass is 314 g/mol. The molecule has 1 aromatic rings. The van der Waals surface area contributed by atoms with Crippen LogP contribution in [0.2, 0.25) is 0 Å². The lowest BCUT2D eigenvalue weighted by molar-refractivity contribution is -0.131. The molecule has 0 atom stereocenters. The predicted octanol–water partition coefficient (Wildman–Crippen LogP) is 1.61. The van der Waals surface area contributed by atoms with Gasteiger partial charge in [0.15, 0.2) is 11.5 Å². The Morgan fingerprint density at radius 3 is 2.62 bits per heavy atom. The number of hydrogen-bond donors (Lipinski definition) is 1. The number of sulfone groups is 1. The SMILES string of the molecule is COc1ccc(C=CC(=O)O)cc1OCCCS(C)(=O)=O. The first-order chi connectivity index (χ1) is 9.81. The summed E-state index contributed by atoms with van der Waals surface area (Å²) >= 11 is 0. The highest BCUT2D eigenvalue weighted by molar-refractivity contribution is 7.90. The molecule has 0 aliphatic carbocycles. The fraction of sp³-hybridized carbons (Fsp3) is 0.357. The lowest BCUT2D eigenvalue weighted by Crippen LogP contribution is -2.08. The van der Waals surface area contributed by atoms with Gasteiger partial charge in [0.05, 0.1) is 19.5 Å². The van der Waals surface area contributed by atoms with Crippen molar-refractivity contribution in [1.82, 2.24) is 0 Å². The average Bonchev–Trinajstić information content (AvgIpc) is 2.40. The second-order valence-corrected chi connectivity index (χ2v) is 6.67. The molecule has 7 heteroatoms. The van der Waals surface area contributed by atoms with Crippen molar-refractivity contribution >= 4 is 21.9 Å². The number of benzene rings is 1. The highest BCUT2D eigenvalue weighted by Gasteiger charge is 2.07. The number of rotatable bonds is 8. The van der Waals surface area contributed by atoms with E-state index < -0.39 is 15.8 Å². The molecule has 1 N–H and O–H groups in total. The third-order valence-electron chi connectivity index (χ3n) is 2.52. The topological polar surface area (TPSA) is 89.9 Å². The van der Waals surface area contributed by atoms with Gasteiger partial charge in [-0.2, -0.15) is 0 Å². The molecule has 21 heavy (non-hydrogen) atoms. The molecule has 0 spiro atoms. The first kappa shape index (κ1) is 17.0. The largest absolute Gasteiger partial charge is 0.493 e. The summed E-state index contributed by atoms with van der Waals surface area (Å²) in [6.07, 6.45) is 4.00. The molecule has 0 unspecified atom stereocenters. The van der Waals surface area contributed by atoms with Crippen LogP contribution in [0.15, 0.2) is 24.3 Å². The van der Waals surface area contributed by atoms with Gasteiger partial charge in [-0.05, 0) is 30.2 Å². The zero-order chi connectivity index (χ0) is 15.9. The van der Waals surface area contributed by atoms with Crippen LogP contribution in [0, 0.1) is 0 Å². The van der Waals surface area contributed by atoms with E-state index in [4.69, 9.17) is 14.6 Å². The van der Waals surface area contributed by atoms with E-state index in [1.165, 1.54) is 19.4 Å². The number of aliphatic carboxylic acids is 1. The molecular formula is C14H18O6S. The molecular weight excluding hydrogens is 296 g/mol. The molecule has 0 heterocycles. The van der Waals surface area contributed by atoms with Crippen LogP contribution < -0.4 is 9.47 Å². The minimum Gasteiger partial charge on any atom is -0.493 e. The van der Waals surface area contributed by atoms with E-state index in [0.29, 0.717) is 23.5 Å². The quantitative estimate of drug-likeness (QED) is 0.579. The molecule has 0 saturated heterocycles. The summed E-state index contributed by atoms with van der Waals surface area (Å²) in [7, 11) is -1.52. The van der Waals surface area contributed by atoms with Gasteiger partial charge in [-0.15, -0.1) is 0 Å². The van der Waals surface area contributed by atoms with Crippen LogP contribution >= 0.6 is 0 Å². The molecule has 1 aromatic carbocycles. The van der Waals surface area contributed by atoms with Gasteiger partial charge in [0, 0.05) is 12.3 Å². The summed E-state index contributed by atoms with van der Waals surface area (Å²) in [5, 5.41) is 8.59. The normalized spacial score (nSPS) is 11.5. The lowest BCUT2D eigenvalue weighted by Gasteiger charge is -2.11. The molecule has 0 fully saturated rings. The van der Waals surface area contributed by atoms with Crippen LogP contribution in [0.25, 0.3) is 6.08 Å². The van der Waals surface area contributed by atoms with Crippen molar-refractivity contribution in [3.05, 3.63) is 29.8 Å². The van der Waals surface area contributed by atoms with Crippen LogP contribution in [0.3, 0.4) is 0 Å². The van der Waals surface area contributed by atoms with Crippen molar-refractivity contribution in [2.45, 2.75) is 6.42 Å². The number of ether oxygens (including phenoxy) is 2. The van der Waals surface area contributed by atoms with E-state index in [1.54, 1.807) is 18.2 Å². The average molecular weight is 314 g/mol. The molecule has 1 rings (SSSR count). The number of hydrogen-bond acceptors (Lipinski definition) is 5. The van der Waals surface area contributed by atoms with Gasteiger partial charge in [-0.25, -0.2) is 13.2 Å². The van der Waals surface area contributed by atoms with Crippen molar-refractivity contribution in [3.63, 3.8) is 0 Å². The molecule has 0 saturated carbocycles. The van der Waals surface area contributed by atoms with Crippen LogP contribution in [-0.2, 0) is 14.6 Å². The van der Waals surface area contributed by atoms with Gasteiger partial charge < -0.3 is 14.6 Å². The third kappa shape index (κ3) is 6.80. The van der Waals surface area contributed by atoms with Crippen molar-refractivity contribution in [2.75, 3.05) is 25.7 Å². The van der Waals surface area contributed by atoms with Gasteiger partial charge in [0.1, 0.15) is 9.84 Å². The Morgan fingerprint density at radius 2 is 2.05 bits per heavy atom. The summed E-state index contributed by atoms with van der Waals surface area (Å²) in [4.78, 5) is 10.5. The first-order valence-corrected chi connectivity index (χ1v) is 8.27. The van der Waals surface area contributed by atoms with Crippen LogP contribution in [0.4, 0.5) is 0 Å². The molecule has 0 bridgehead atoms. The van der Waals surface area contributed by atoms with Gasteiger partial charge in [0.2, 0.25) is 0 Å². The smallest absolute Gasteiger partial charge is 0.328 e. The maximum atomic E-state index is 11.0. The van der Waals surface area contributed by atoms with E-state index in [1.807, 2.05) is 0 Å². The van der Waals surface area contributed by atoms with Crippen molar-refractivity contribution < 1.29 is 27.8 Å².